The minimum absolute atomic E-state index is 0.191. The number of benzene rings is 1. The van der Waals surface area contributed by atoms with E-state index in [1.165, 1.54) is 23.5 Å². The van der Waals surface area contributed by atoms with Gasteiger partial charge < -0.3 is 15.7 Å². The van der Waals surface area contributed by atoms with Gasteiger partial charge in [0.15, 0.2) is 0 Å². The molecule has 0 unspecified atom stereocenters. The monoisotopic (exact) mass is 305 g/mol. The average Bonchev–Trinajstić information content (AvgIpc) is 2.84. The van der Waals surface area contributed by atoms with E-state index in [2.05, 4.69) is 15.6 Å². The Balaban J connectivity index is 1.94. The second-order valence-corrected chi connectivity index (χ2v) is 5.56. The molecule has 1 aromatic carbocycles. The molecule has 0 saturated carbocycles. The average molecular weight is 305 g/mol. The van der Waals surface area contributed by atoms with Gasteiger partial charge in [0, 0.05) is 11.1 Å². The third-order valence-corrected chi connectivity index (χ3v) is 3.64. The Morgan fingerprint density at radius 1 is 1.33 bits per heavy atom. The van der Waals surface area contributed by atoms with Gasteiger partial charge in [0.05, 0.1) is 22.8 Å². The van der Waals surface area contributed by atoms with Crippen molar-refractivity contribution in [3.63, 3.8) is 0 Å². The highest BCUT2D eigenvalue weighted by Gasteiger charge is 2.08. The van der Waals surface area contributed by atoms with Crippen molar-refractivity contribution >= 4 is 29.0 Å². The standard InChI is InChI=1S/C14H15N3O3S/c1-8-5-10(13(18)19)3-4-12(8)17-14(20)15-6-11-7-21-9(2)16-11/h3-5,7H,6H2,1-2H3,(H,18,19)(H2,15,17,20). The molecule has 0 saturated heterocycles. The predicted octanol–water partition coefficient (Wildman–Crippen LogP) is 2.78. The maximum Gasteiger partial charge on any atom is 0.335 e. The van der Waals surface area contributed by atoms with Crippen molar-refractivity contribution < 1.29 is 14.7 Å². The van der Waals surface area contributed by atoms with E-state index in [1.54, 1.807) is 13.0 Å². The van der Waals surface area contributed by atoms with Crippen molar-refractivity contribution in [1.82, 2.24) is 10.3 Å². The maximum atomic E-state index is 11.8. The van der Waals surface area contributed by atoms with Crippen LogP contribution in [0, 0.1) is 13.8 Å². The Hall–Kier alpha value is -2.41. The molecule has 0 bridgehead atoms. The van der Waals surface area contributed by atoms with E-state index in [0.29, 0.717) is 17.8 Å². The molecule has 2 rings (SSSR count). The quantitative estimate of drug-likeness (QED) is 0.810. The minimum Gasteiger partial charge on any atom is -0.478 e. The van der Waals surface area contributed by atoms with Crippen LogP contribution in [0.15, 0.2) is 23.6 Å². The Labute approximate surface area is 125 Å². The third-order valence-electron chi connectivity index (χ3n) is 2.82. The molecule has 7 heteroatoms. The zero-order chi connectivity index (χ0) is 15.4. The number of carboxylic acids is 1. The Morgan fingerprint density at radius 2 is 2.10 bits per heavy atom. The number of aryl methyl sites for hydroxylation is 2. The summed E-state index contributed by atoms with van der Waals surface area (Å²) < 4.78 is 0. The summed E-state index contributed by atoms with van der Waals surface area (Å²) in [6.07, 6.45) is 0. The van der Waals surface area contributed by atoms with Crippen LogP contribution in [0.1, 0.15) is 26.6 Å². The summed E-state index contributed by atoms with van der Waals surface area (Å²) >= 11 is 1.53. The molecule has 3 N–H and O–H groups in total. The van der Waals surface area contributed by atoms with Gasteiger partial charge in [-0.15, -0.1) is 11.3 Å². The topological polar surface area (TPSA) is 91.3 Å². The Bertz CT molecular complexity index is 682. The molecule has 21 heavy (non-hydrogen) atoms. The summed E-state index contributed by atoms with van der Waals surface area (Å²) in [5.74, 6) is -0.993. The van der Waals surface area contributed by atoms with E-state index in [0.717, 1.165) is 10.7 Å². The largest absolute Gasteiger partial charge is 0.478 e. The molecule has 0 aliphatic carbocycles. The number of amides is 2. The molecular formula is C14H15N3O3S. The first-order valence-corrected chi connectivity index (χ1v) is 7.13. The summed E-state index contributed by atoms with van der Waals surface area (Å²) in [6.45, 7) is 4.00. The summed E-state index contributed by atoms with van der Waals surface area (Å²) in [5.41, 5.74) is 2.27. The van der Waals surface area contributed by atoms with E-state index >= 15 is 0 Å². The number of hydrogen-bond acceptors (Lipinski definition) is 4. The fraction of sp³-hybridized carbons (Fsp3) is 0.214. The van der Waals surface area contributed by atoms with Crippen LogP contribution in [0.4, 0.5) is 10.5 Å². The summed E-state index contributed by atoms with van der Waals surface area (Å²) in [4.78, 5) is 26.9. The molecular weight excluding hydrogens is 290 g/mol. The van der Waals surface area contributed by atoms with Crippen molar-refractivity contribution in [1.29, 1.82) is 0 Å². The molecule has 110 valence electrons. The number of nitrogens with one attached hydrogen (secondary N) is 2. The molecule has 0 atom stereocenters. The van der Waals surface area contributed by atoms with Gasteiger partial charge in [-0.2, -0.15) is 0 Å². The van der Waals surface area contributed by atoms with Gasteiger partial charge in [0.2, 0.25) is 0 Å². The lowest BCUT2D eigenvalue weighted by molar-refractivity contribution is 0.0697. The molecule has 2 aromatic rings. The summed E-state index contributed by atoms with van der Waals surface area (Å²) in [6, 6.07) is 4.19. The van der Waals surface area contributed by atoms with Gasteiger partial charge in [-0.3, -0.25) is 0 Å². The number of hydrogen-bond donors (Lipinski definition) is 3. The number of aromatic carboxylic acids is 1. The smallest absolute Gasteiger partial charge is 0.335 e. The van der Waals surface area contributed by atoms with Crippen molar-refractivity contribution in [3.05, 3.63) is 45.4 Å². The number of rotatable bonds is 4. The predicted molar refractivity (Wildman–Crippen MR) is 80.8 cm³/mol. The third kappa shape index (κ3) is 4.03. The molecule has 6 nitrogen and oxygen atoms in total. The maximum absolute atomic E-state index is 11.8. The van der Waals surface area contributed by atoms with Gasteiger partial charge in [0.25, 0.3) is 0 Å². The van der Waals surface area contributed by atoms with Crippen molar-refractivity contribution in [2.45, 2.75) is 20.4 Å². The second-order valence-electron chi connectivity index (χ2n) is 4.50. The number of nitrogens with zero attached hydrogens (tertiary/aromatic N) is 1. The Kier molecular flexibility index (Phi) is 4.54. The molecule has 1 heterocycles. The first-order chi connectivity index (χ1) is 9.95. The molecule has 0 fully saturated rings. The SMILES string of the molecule is Cc1nc(CNC(=O)Nc2ccc(C(=O)O)cc2C)cs1. The van der Waals surface area contributed by atoms with Crippen molar-refractivity contribution in [2.24, 2.45) is 0 Å². The fourth-order valence-electron chi connectivity index (χ4n) is 1.76. The summed E-state index contributed by atoms with van der Waals surface area (Å²) in [5, 5.41) is 17.1. The highest BCUT2D eigenvalue weighted by molar-refractivity contribution is 7.09. The van der Waals surface area contributed by atoms with Gasteiger partial charge in [-0.1, -0.05) is 0 Å². The number of thiazole rings is 1. The number of urea groups is 1. The molecule has 1 aromatic heterocycles. The highest BCUT2D eigenvalue weighted by atomic mass is 32.1. The van der Waals surface area contributed by atoms with Gasteiger partial charge >= 0.3 is 12.0 Å². The van der Waals surface area contributed by atoms with Crippen LogP contribution in [-0.2, 0) is 6.54 Å². The number of carboxylic acid groups (broad SMARTS) is 1. The van der Waals surface area contributed by atoms with Crippen LogP contribution in [0.25, 0.3) is 0 Å². The Morgan fingerprint density at radius 3 is 2.67 bits per heavy atom. The zero-order valence-electron chi connectivity index (χ0n) is 11.6. The van der Waals surface area contributed by atoms with Gasteiger partial charge in [-0.25, -0.2) is 14.6 Å². The van der Waals surface area contributed by atoms with Crippen molar-refractivity contribution in [2.75, 3.05) is 5.32 Å². The van der Waals surface area contributed by atoms with E-state index in [4.69, 9.17) is 5.11 Å². The van der Waals surface area contributed by atoms with Crippen LogP contribution in [0.2, 0.25) is 0 Å². The van der Waals surface area contributed by atoms with E-state index < -0.39 is 5.97 Å². The molecule has 0 spiro atoms. The first kappa shape index (κ1) is 15.0. The van der Waals surface area contributed by atoms with Crippen LogP contribution >= 0.6 is 11.3 Å². The first-order valence-electron chi connectivity index (χ1n) is 6.25. The lowest BCUT2D eigenvalue weighted by atomic mass is 10.1. The fourth-order valence-corrected chi connectivity index (χ4v) is 2.38. The number of carbonyl (C=O) groups is 2. The van der Waals surface area contributed by atoms with Gasteiger partial charge in [0.1, 0.15) is 0 Å². The molecule has 0 aliphatic heterocycles. The van der Waals surface area contributed by atoms with E-state index in [9.17, 15) is 9.59 Å². The van der Waals surface area contributed by atoms with Crippen LogP contribution in [0.5, 0.6) is 0 Å². The zero-order valence-corrected chi connectivity index (χ0v) is 12.5. The minimum atomic E-state index is -0.993. The van der Waals surface area contributed by atoms with E-state index in [1.807, 2.05) is 12.3 Å². The van der Waals surface area contributed by atoms with Crippen LogP contribution < -0.4 is 10.6 Å². The second kappa shape index (κ2) is 6.36. The number of anilines is 1. The number of carbonyl (C=O) groups excluding carboxylic acids is 1. The highest BCUT2D eigenvalue weighted by Crippen LogP contribution is 2.16. The van der Waals surface area contributed by atoms with Crippen LogP contribution in [0.3, 0.4) is 0 Å². The molecule has 0 aliphatic rings. The number of aromatic nitrogens is 1. The lowest BCUT2D eigenvalue weighted by Crippen LogP contribution is -2.28. The normalized spacial score (nSPS) is 10.2. The van der Waals surface area contributed by atoms with Crippen molar-refractivity contribution in [3.8, 4) is 0 Å². The molecule has 2 amide bonds. The van der Waals surface area contributed by atoms with E-state index in [-0.39, 0.29) is 11.6 Å². The molecule has 0 radical (unpaired) electrons. The lowest BCUT2D eigenvalue weighted by Gasteiger charge is -2.09. The van der Waals surface area contributed by atoms with Gasteiger partial charge in [-0.05, 0) is 37.6 Å². The summed E-state index contributed by atoms with van der Waals surface area (Å²) in [7, 11) is 0. The van der Waals surface area contributed by atoms with Crippen LogP contribution in [-0.4, -0.2) is 22.1 Å².